The van der Waals surface area contributed by atoms with E-state index >= 15 is 0 Å². The quantitative estimate of drug-likeness (QED) is 0.724. The number of anilines is 2. The molecule has 0 aliphatic carbocycles. The molecule has 0 bridgehead atoms. The third-order valence-electron chi connectivity index (χ3n) is 4.87. The Morgan fingerprint density at radius 2 is 1.81 bits per heavy atom. The second-order valence-electron chi connectivity index (χ2n) is 6.96. The SMILES string of the molecule is COC(=O)Nc1ccc(S(=O)(=O)N2CCCC(C(=O)Nc3ccc(F)cc3F)C2)cc1. The number of carbonyl (C=O) groups is 2. The van der Waals surface area contributed by atoms with E-state index in [1.165, 1.54) is 35.7 Å². The Bertz CT molecular complexity index is 1080. The molecule has 8 nitrogen and oxygen atoms in total. The fourth-order valence-electron chi connectivity index (χ4n) is 3.23. The minimum Gasteiger partial charge on any atom is -0.453 e. The number of rotatable bonds is 5. The van der Waals surface area contributed by atoms with E-state index in [0.717, 1.165) is 12.1 Å². The lowest BCUT2D eigenvalue weighted by molar-refractivity contribution is -0.120. The van der Waals surface area contributed by atoms with Crippen molar-refractivity contribution in [1.29, 1.82) is 0 Å². The molecule has 2 aromatic rings. The zero-order valence-corrected chi connectivity index (χ0v) is 17.4. The molecule has 1 unspecified atom stereocenters. The normalized spacial score (nSPS) is 17.1. The largest absolute Gasteiger partial charge is 0.453 e. The highest BCUT2D eigenvalue weighted by Gasteiger charge is 2.33. The van der Waals surface area contributed by atoms with Crippen LogP contribution in [0, 0.1) is 17.6 Å². The molecule has 1 atom stereocenters. The van der Waals surface area contributed by atoms with Gasteiger partial charge in [0.25, 0.3) is 0 Å². The molecule has 1 aliphatic heterocycles. The molecule has 0 aromatic heterocycles. The van der Waals surface area contributed by atoms with Gasteiger partial charge in [-0.3, -0.25) is 10.1 Å². The molecular formula is C20H21F2N3O5S. The van der Waals surface area contributed by atoms with Crippen LogP contribution >= 0.6 is 0 Å². The molecule has 1 heterocycles. The van der Waals surface area contributed by atoms with Crippen LogP contribution in [0.4, 0.5) is 25.0 Å². The Labute approximate surface area is 178 Å². The number of nitrogens with zero attached hydrogens (tertiary/aromatic N) is 1. The lowest BCUT2D eigenvalue weighted by Crippen LogP contribution is -2.43. The van der Waals surface area contributed by atoms with Crippen LogP contribution < -0.4 is 10.6 Å². The van der Waals surface area contributed by atoms with Crippen molar-refractivity contribution in [2.75, 3.05) is 30.8 Å². The Hall–Kier alpha value is -3.05. The minimum absolute atomic E-state index is 0.00792. The highest BCUT2D eigenvalue weighted by atomic mass is 32.2. The Kier molecular flexibility index (Phi) is 6.86. The average Bonchev–Trinajstić information content (AvgIpc) is 2.76. The zero-order valence-electron chi connectivity index (χ0n) is 16.6. The number of halogens is 2. The highest BCUT2D eigenvalue weighted by Crippen LogP contribution is 2.26. The number of carbonyl (C=O) groups excluding carboxylic acids is 2. The molecule has 3 rings (SSSR count). The van der Waals surface area contributed by atoms with Crippen LogP contribution in [0.25, 0.3) is 0 Å². The summed E-state index contributed by atoms with van der Waals surface area (Å²) in [7, 11) is -2.67. The first kappa shape index (κ1) is 22.6. The van der Waals surface area contributed by atoms with Crippen LogP contribution in [0.3, 0.4) is 0 Å². The van der Waals surface area contributed by atoms with Gasteiger partial charge in [0, 0.05) is 24.8 Å². The zero-order chi connectivity index (χ0) is 22.6. The van der Waals surface area contributed by atoms with Crippen LogP contribution in [0.1, 0.15) is 12.8 Å². The average molecular weight is 453 g/mol. The van der Waals surface area contributed by atoms with E-state index in [-0.39, 0.29) is 23.7 Å². The van der Waals surface area contributed by atoms with E-state index in [1.54, 1.807) is 0 Å². The lowest BCUT2D eigenvalue weighted by Gasteiger charge is -2.31. The Balaban J connectivity index is 1.69. The van der Waals surface area contributed by atoms with Crippen molar-refractivity contribution < 1.29 is 31.5 Å². The second-order valence-corrected chi connectivity index (χ2v) is 8.89. The summed E-state index contributed by atoms with van der Waals surface area (Å²) in [5.41, 5.74) is 0.197. The summed E-state index contributed by atoms with van der Waals surface area (Å²) in [6.45, 7) is 0.165. The monoisotopic (exact) mass is 453 g/mol. The summed E-state index contributed by atoms with van der Waals surface area (Å²) in [6, 6.07) is 8.34. The number of benzene rings is 2. The van der Waals surface area contributed by atoms with Crippen molar-refractivity contribution >= 4 is 33.4 Å². The van der Waals surface area contributed by atoms with Crippen LogP contribution in [0.15, 0.2) is 47.4 Å². The van der Waals surface area contributed by atoms with E-state index in [2.05, 4.69) is 15.4 Å². The number of methoxy groups -OCH3 is 1. The van der Waals surface area contributed by atoms with Gasteiger partial charge in [-0.2, -0.15) is 4.31 Å². The third kappa shape index (κ3) is 5.36. The number of hydrogen-bond acceptors (Lipinski definition) is 5. The smallest absolute Gasteiger partial charge is 0.411 e. The fraction of sp³-hybridized carbons (Fsp3) is 0.300. The molecule has 1 aliphatic rings. The first-order valence-electron chi connectivity index (χ1n) is 9.42. The molecule has 2 aromatic carbocycles. The molecule has 1 fully saturated rings. The van der Waals surface area contributed by atoms with Crippen LogP contribution in [-0.2, 0) is 19.6 Å². The summed E-state index contributed by atoms with van der Waals surface area (Å²) in [5, 5.41) is 4.82. The highest BCUT2D eigenvalue weighted by molar-refractivity contribution is 7.89. The molecule has 166 valence electrons. The van der Waals surface area contributed by atoms with Crippen molar-refractivity contribution in [3.05, 3.63) is 54.1 Å². The first-order valence-corrected chi connectivity index (χ1v) is 10.9. The van der Waals surface area contributed by atoms with Gasteiger partial charge < -0.3 is 10.1 Å². The Morgan fingerprint density at radius 3 is 2.45 bits per heavy atom. The predicted octanol–water partition coefficient (Wildman–Crippen LogP) is 3.18. The van der Waals surface area contributed by atoms with E-state index < -0.39 is 39.6 Å². The van der Waals surface area contributed by atoms with Crippen LogP contribution in [0.2, 0.25) is 0 Å². The van der Waals surface area contributed by atoms with Gasteiger partial charge in [-0.1, -0.05) is 0 Å². The van der Waals surface area contributed by atoms with Crippen molar-refractivity contribution in [2.24, 2.45) is 5.92 Å². The van der Waals surface area contributed by atoms with Crippen LogP contribution in [0.5, 0.6) is 0 Å². The molecule has 0 radical (unpaired) electrons. The lowest BCUT2D eigenvalue weighted by atomic mass is 9.98. The maximum atomic E-state index is 13.8. The number of piperidine rings is 1. The first-order chi connectivity index (χ1) is 14.7. The van der Waals surface area contributed by atoms with Gasteiger partial charge in [0.05, 0.1) is 23.6 Å². The molecule has 2 amide bonds. The van der Waals surface area contributed by atoms with Crippen molar-refractivity contribution in [3.63, 3.8) is 0 Å². The van der Waals surface area contributed by atoms with Gasteiger partial charge in [-0.05, 0) is 49.2 Å². The minimum atomic E-state index is -3.88. The van der Waals surface area contributed by atoms with E-state index in [9.17, 15) is 26.8 Å². The van der Waals surface area contributed by atoms with E-state index in [0.29, 0.717) is 24.6 Å². The van der Waals surface area contributed by atoms with Gasteiger partial charge >= 0.3 is 6.09 Å². The summed E-state index contributed by atoms with van der Waals surface area (Å²) in [4.78, 5) is 23.8. The van der Waals surface area contributed by atoms with Gasteiger partial charge in [-0.25, -0.2) is 22.0 Å². The molecule has 31 heavy (non-hydrogen) atoms. The Morgan fingerprint density at radius 1 is 1.10 bits per heavy atom. The number of ether oxygens (including phenoxy) is 1. The maximum Gasteiger partial charge on any atom is 0.411 e. The van der Waals surface area contributed by atoms with Gasteiger partial charge in [-0.15, -0.1) is 0 Å². The van der Waals surface area contributed by atoms with Gasteiger partial charge in [0.2, 0.25) is 15.9 Å². The molecule has 2 N–H and O–H groups in total. The molecule has 1 saturated heterocycles. The number of sulfonamides is 1. The van der Waals surface area contributed by atoms with E-state index in [4.69, 9.17) is 0 Å². The van der Waals surface area contributed by atoms with Crippen molar-refractivity contribution in [2.45, 2.75) is 17.7 Å². The number of hydrogen-bond donors (Lipinski definition) is 2. The fourth-order valence-corrected chi connectivity index (χ4v) is 4.75. The summed E-state index contributed by atoms with van der Waals surface area (Å²) in [5.74, 6) is -2.90. The van der Waals surface area contributed by atoms with Crippen molar-refractivity contribution in [3.8, 4) is 0 Å². The number of nitrogens with one attached hydrogen (secondary N) is 2. The second kappa shape index (κ2) is 9.40. The molecular weight excluding hydrogens is 432 g/mol. The molecule has 11 heteroatoms. The predicted molar refractivity (Wildman–Crippen MR) is 109 cm³/mol. The van der Waals surface area contributed by atoms with Gasteiger partial charge in [0.1, 0.15) is 11.6 Å². The standard InChI is InChI=1S/C20H21F2N3O5S/c1-30-20(27)23-15-5-7-16(8-6-15)31(28,29)25-10-2-3-13(12-25)19(26)24-18-9-4-14(21)11-17(18)22/h4-9,11,13H,2-3,10,12H2,1H3,(H,23,27)(H,24,26). The summed E-state index contributed by atoms with van der Waals surface area (Å²) >= 11 is 0. The third-order valence-corrected chi connectivity index (χ3v) is 6.75. The summed E-state index contributed by atoms with van der Waals surface area (Å²) < 4.78 is 58.5. The molecule has 0 spiro atoms. The number of amides is 2. The maximum absolute atomic E-state index is 13.8. The van der Waals surface area contributed by atoms with E-state index in [1.807, 2.05) is 0 Å². The van der Waals surface area contributed by atoms with Crippen LogP contribution in [-0.4, -0.2) is 44.9 Å². The topological polar surface area (TPSA) is 105 Å². The van der Waals surface area contributed by atoms with Crippen molar-refractivity contribution in [1.82, 2.24) is 4.31 Å². The van der Waals surface area contributed by atoms with Gasteiger partial charge in [0.15, 0.2) is 0 Å². The molecule has 0 saturated carbocycles. The summed E-state index contributed by atoms with van der Waals surface area (Å²) in [6.07, 6.45) is 0.200.